The number of ether oxygens (including phenoxy) is 3. The maximum Gasteiger partial charge on any atom is 0.408 e. The Labute approximate surface area is 195 Å². The Balaban J connectivity index is 1.47. The van der Waals surface area contributed by atoms with Crippen LogP contribution in [0, 0.1) is 0 Å². The van der Waals surface area contributed by atoms with E-state index in [1.54, 1.807) is 37.3 Å². The van der Waals surface area contributed by atoms with Crippen LogP contribution < -0.4 is 20.4 Å². The molecule has 8 nitrogen and oxygen atoms in total. The molecule has 34 heavy (non-hydrogen) atoms. The lowest BCUT2D eigenvalue weighted by Gasteiger charge is -2.16. The van der Waals surface area contributed by atoms with Gasteiger partial charge in [-0.25, -0.2) is 14.4 Å². The SMILES string of the molecule is CC[C@@H](NC(=O)OCc1ccccc1)C(=O)Oc1ccc2c(c1)oc(=O)c1cc(OC)ccc12. The highest BCUT2D eigenvalue weighted by molar-refractivity contribution is 6.05. The van der Waals surface area contributed by atoms with Crippen LogP contribution in [0.1, 0.15) is 18.9 Å². The second-order valence-electron chi connectivity index (χ2n) is 7.55. The van der Waals surface area contributed by atoms with Crippen molar-refractivity contribution in [1.82, 2.24) is 5.32 Å². The highest BCUT2D eigenvalue weighted by Gasteiger charge is 2.22. The number of benzene rings is 3. The molecule has 174 valence electrons. The van der Waals surface area contributed by atoms with Crippen LogP contribution in [0.5, 0.6) is 11.5 Å². The molecule has 0 aliphatic carbocycles. The first-order valence-electron chi connectivity index (χ1n) is 10.7. The van der Waals surface area contributed by atoms with E-state index in [1.165, 1.54) is 13.2 Å². The van der Waals surface area contributed by atoms with Crippen LogP contribution >= 0.6 is 0 Å². The largest absolute Gasteiger partial charge is 0.497 e. The van der Waals surface area contributed by atoms with E-state index in [0.717, 1.165) is 5.56 Å². The minimum atomic E-state index is -0.907. The molecule has 3 aromatic carbocycles. The minimum Gasteiger partial charge on any atom is -0.497 e. The first-order chi connectivity index (χ1) is 16.5. The summed E-state index contributed by atoms with van der Waals surface area (Å²) in [5.74, 6) is 0.0721. The number of rotatable bonds is 7. The van der Waals surface area contributed by atoms with Crippen LogP contribution in [0.4, 0.5) is 4.79 Å². The molecule has 8 heteroatoms. The molecule has 0 spiro atoms. The average molecular weight is 461 g/mol. The Kier molecular flexibility index (Phi) is 6.77. The number of nitrogens with one attached hydrogen (secondary N) is 1. The summed E-state index contributed by atoms with van der Waals surface area (Å²) in [6, 6.07) is 18.2. The van der Waals surface area contributed by atoms with Gasteiger partial charge in [0.15, 0.2) is 0 Å². The first-order valence-corrected chi connectivity index (χ1v) is 10.7. The number of carbonyl (C=O) groups is 2. The zero-order valence-corrected chi connectivity index (χ0v) is 18.7. The molecular formula is C26H23NO7. The maximum absolute atomic E-state index is 12.6. The summed E-state index contributed by atoms with van der Waals surface area (Å²) in [6.07, 6.45) is -0.423. The van der Waals surface area contributed by atoms with Crippen molar-refractivity contribution < 1.29 is 28.2 Å². The number of methoxy groups -OCH3 is 1. The molecule has 0 saturated carbocycles. The third-order valence-corrected chi connectivity index (χ3v) is 5.31. The van der Waals surface area contributed by atoms with Gasteiger partial charge in [0.2, 0.25) is 0 Å². The van der Waals surface area contributed by atoms with Crippen molar-refractivity contribution in [1.29, 1.82) is 0 Å². The van der Waals surface area contributed by atoms with E-state index < -0.39 is 23.7 Å². The summed E-state index contributed by atoms with van der Waals surface area (Å²) in [5.41, 5.74) is 0.576. The number of alkyl carbamates (subject to hydrolysis) is 1. The van der Waals surface area contributed by atoms with Gasteiger partial charge in [-0.2, -0.15) is 0 Å². The Morgan fingerprint density at radius 1 is 0.941 bits per heavy atom. The highest BCUT2D eigenvalue weighted by Crippen LogP contribution is 2.28. The number of esters is 1. The van der Waals surface area contributed by atoms with Crippen molar-refractivity contribution in [3.63, 3.8) is 0 Å². The lowest BCUT2D eigenvalue weighted by atomic mass is 10.1. The molecule has 1 aromatic heterocycles. The fraction of sp³-hybridized carbons (Fsp3) is 0.192. The maximum atomic E-state index is 12.6. The van der Waals surface area contributed by atoms with E-state index in [0.29, 0.717) is 28.3 Å². The quantitative estimate of drug-likeness (QED) is 0.186. The van der Waals surface area contributed by atoms with Gasteiger partial charge >= 0.3 is 17.7 Å². The van der Waals surface area contributed by atoms with Gasteiger partial charge < -0.3 is 23.9 Å². The number of amides is 1. The Morgan fingerprint density at radius 2 is 1.68 bits per heavy atom. The van der Waals surface area contributed by atoms with Crippen LogP contribution in [-0.4, -0.2) is 25.2 Å². The van der Waals surface area contributed by atoms with Crippen molar-refractivity contribution in [2.75, 3.05) is 7.11 Å². The van der Waals surface area contributed by atoms with Crippen LogP contribution in [0.3, 0.4) is 0 Å². The van der Waals surface area contributed by atoms with Gasteiger partial charge in [0.05, 0.1) is 12.5 Å². The van der Waals surface area contributed by atoms with Crippen molar-refractivity contribution >= 4 is 33.8 Å². The van der Waals surface area contributed by atoms with Gasteiger partial charge in [-0.1, -0.05) is 37.3 Å². The van der Waals surface area contributed by atoms with E-state index in [-0.39, 0.29) is 17.9 Å². The van der Waals surface area contributed by atoms with E-state index in [2.05, 4.69) is 5.32 Å². The fourth-order valence-electron chi connectivity index (χ4n) is 3.50. The van der Waals surface area contributed by atoms with Crippen LogP contribution in [0.2, 0.25) is 0 Å². The van der Waals surface area contributed by atoms with Crippen molar-refractivity contribution in [2.45, 2.75) is 26.0 Å². The predicted octanol–water partition coefficient (Wildman–Crippen LogP) is 4.57. The first kappa shape index (κ1) is 22.8. The molecule has 0 aliphatic heterocycles. The van der Waals surface area contributed by atoms with Crippen molar-refractivity contribution in [2.24, 2.45) is 0 Å². The summed E-state index contributed by atoms with van der Waals surface area (Å²) < 4.78 is 21.2. The molecule has 0 aliphatic rings. The van der Waals surface area contributed by atoms with Crippen molar-refractivity contribution in [3.8, 4) is 11.5 Å². The average Bonchev–Trinajstić information content (AvgIpc) is 2.86. The second-order valence-corrected chi connectivity index (χ2v) is 7.55. The molecule has 0 fully saturated rings. The molecule has 1 heterocycles. The van der Waals surface area contributed by atoms with Gasteiger partial charge in [-0.05, 0) is 42.3 Å². The molecule has 4 rings (SSSR count). The summed E-state index contributed by atoms with van der Waals surface area (Å²) >= 11 is 0. The molecule has 1 atom stereocenters. The zero-order valence-electron chi connectivity index (χ0n) is 18.7. The number of fused-ring (bicyclic) bond motifs is 3. The van der Waals surface area contributed by atoms with Crippen LogP contribution in [0.25, 0.3) is 21.7 Å². The molecule has 0 saturated heterocycles. The van der Waals surface area contributed by atoms with Crippen LogP contribution in [0.15, 0.2) is 75.9 Å². The molecular weight excluding hydrogens is 438 g/mol. The third-order valence-electron chi connectivity index (χ3n) is 5.31. The van der Waals surface area contributed by atoms with Gasteiger partial charge in [0.25, 0.3) is 0 Å². The van der Waals surface area contributed by atoms with Gasteiger partial charge in [0, 0.05) is 16.8 Å². The van der Waals surface area contributed by atoms with Crippen LogP contribution in [-0.2, 0) is 16.1 Å². The number of carbonyl (C=O) groups excluding carboxylic acids is 2. The fourth-order valence-corrected chi connectivity index (χ4v) is 3.50. The monoisotopic (exact) mass is 461 g/mol. The minimum absolute atomic E-state index is 0.0850. The lowest BCUT2D eigenvalue weighted by Crippen LogP contribution is -2.42. The topological polar surface area (TPSA) is 104 Å². The Hall–Kier alpha value is -4.33. The Morgan fingerprint density at radius 3 is 2.41 bits per heavy atom. The molecule has 0 bridgehead atoms. The summed E-state index contributed by atoms with van der Waals surface area (Å²) in [4.78, 5) is 37.2. The summed E-state index contributed by atoms with van der Waals surface area (Å²) in [6.45, 7) is 1.82. The molecule has 0 radical (unpaired) electrons. The third kappa shape index (κ3) is 5.01. The Bertz CT molecular complexity index is 1400. The summed E-state index contributed by atoms with van der Waals surface area (Å²) in [5, 5.41) is 4.29. The molecule has 0 unspecified atom stereocenters. The normalized spacial score (nSPS) is 11.7. The van der Waals surface area contributed by atoms with Gasteiger partial charge in [-0.15, -0.1) is 0 Å². The van der Waals surface area contributed by atoms with Gasteiger partial charge in [0.1, 0.15) is 29.7 Å². The standard InChI is InChI=1S/C26H23NO7/c1-3-22(27-26(30)32-15-16-7-5-4-6-8-16)25(29)33-18-10-12-20-19-11-9-17(31-2)13-21(19)24(28)34-23(20)14-18/h4-14,22H,3,15H2,1-2H3,(H,27,30)/t22-/m1/s1. The number of hydrogen-bond donors (Lipinski definition) is 1. The smallest absolute Gasteiger partial charge is 0.408 e. The van der Waals surface area contributed by atoms with Crippen molar-refractivity contribution in [3.05, 3.63) is 82.7 Å². The van der Waals surface area contributed by atoms with Gasteiger partial charge in [-0.3, -0.25) is 0 Å². The summed E-state index contributed by atoms with van der Waals surface area (Å²) in [7, 11) is 1.52. The predicted molar refractivity (Wildman–Crippen MR) is 126 cm³/mol. The molecule has 1 N–H and O–H groups in total. The second kappa shape index (κ2) is 10.1. The van der Waals surface area contributed by atoms with E-state index in [9.17, 15) is 14.4 Å². The van der Waals surface area contributed by atoms with E-state index in [4.69, 9.17) is 18.6 Å². The van der Waals surface area contributed by atoms with E-state index in [1.807, 2.05) is 30.3 Å². The number of hydrogen-bond acceptors (Lipinski definition) is 7. The zero-order chi connectivity index (χ0) is 24.1. The molecule has 1 amide bonds. The molecule has 4 aromatic rings. The lowest BCUT2D eigenvalue weighted by molar-refractivity contribution is -0.136. The highest BCUT2D eigenvalue weighted by atomic mass is 16.6. The van der Waals surface area contributed by atoms with E-state index >= 15 is 0 Å².